The predicted octanol–water partition coefficient (Wildman–Crippen LogP) is 4.09. The second-order valence-corrected chi connectivity index (χ2v) is 6.53. The van der Waals surface area contributed by atoms with Gasteiger partial charge >= 0.3 is 6.09 Å². The van der Waals surface area contributed by atoms with Gasteiger partial charge in [-0.3, -0.25) is 4.79 Å². The Kier molecular flexibility index (Phi) is 7.81. The van der Waals surface area contributed by atoms with Gasteiger partial charge in [0.15, 0.2) is 0 Å². The molecule has 2 amide bonds. The molecule has 2 rings (SSSR count). The zero-order chi connectivity index (χ0) is 19.6. The largest absolute Gasteiger partial charge is 0.497 e. The average molecular weight is 434 g/mol. The van der Waals surface area contributed by atoms with Crippen LogP contribution in [0.4, 0.5) is 10.5 Å². The Hall–Kier alpha value is -2.87. The third-order valence-electron chi connectivity index (χ3n) is 3.41. The van der Waals surface area contributed by atoms with Crippen molar-refractivity contribution in [1.82, 2.24) is 5.43 Å². The van der Waals surface area contributed by atoms with Crippen LogP contribution in [0.15, 0.2) is 58.1 Å². The number of nitrogens with zero attached hydrogens (tertiary/aromatic N) is 1. The maximum Gasteiger partial charge on any atom is 0.428 e. The van der Waals surface area contributed by atoms with E-state index in [9.17, 15) is 9.59 Å². The Labute approximate surface area is 165 Å². The van der Waals surface area contributed by atoms with E-state index in [1.165, 1.54) is 0 Å². The van der Waals surface area contributed by atoms with Gasteiger partial charge < -0.3 is 14.8 Å². The number of rotatable bonds is 7. The molecule has 8 heteroatoms. The molecule has 0 atom stereocenters. The second-order valence-electron chi connectivity index (χ2n) is 5.61. The van der Waals surface area contributed by atoms with Gasteiger partial charge in [-0.15, -0.1) is 0 Å². The van der Waals surface area contributed by atoms with Crippen molar-refractivity contribution in [3.05, 3.63) is 58.6 Å². The lowest BCUT2D eigenvalue weighted by molar-refractivity contribution is -0.115. The summed E-state index contributed by atoms with van der Waals surface area (Å²) in [5, 5.41) is 6.61. The number of hydrogen-bond donors (Lipinski definition) is 2. The first-order valence-corrected chi connectivity index (χ1v) is 8.90. The molecule has 0 aliphatic heterocycles. The summed E-state index contributed by atoms with van der Waals surface area (Å²) in [6.45, 7) is 1.75. The van der Waals surface area contributed by atoms with E-state index in [0.29, 0.717) is 11.4 Å². The number of amides is 2. The Morgan fingerprint density at radius 2 is 1.74 bits per heavy atom. The molecule has 2 aromatic carbocycles. The van der Waals surface area contributed by atoms with Crippen LogP contribution in [0.2, 0.25) is 0 Å². The molecule has 0 bridgehead atoms. The van der Waals surface area contributed by atoms with Crippen LogP contribution in [0.3, 0.4) is 0 Å². The molecular formula is C19H20BrN3O4. The zero-order valence-corrected chi connectivity index (χ0v) is 16.6. The number of carbonyl (C=O) groups excluding carboxylic acids is 2. The van der Waals surface area contributed by atoms with Crippen molar-refractivity contribution >= 4 is 39.3 Å². The summed E-state index contributed by atoms with van der Waals surface area (Å²) in [6, 6.07) is 14.4. The lowest BCUT2D eigenvalue weighted by Crippen LogP contribution is -2.22. The first-order valence-electron chi connectivity index (χ1n) is 8.10. The highest BCUT2D eigenvalue weighted by Crippen LogP contribution is 2.14. The van der Waals surface area contributed by atoms with Gasteiger partial charge in [-0.2, -0.15) is 5.10 Å². The summed E-state index contributed by atoms with van der Waals surface area (Å²) in [7, 11) is 1.58. The van der Waals surface area contributed by atoms with Crippen molar-refractivity contribution in [2.45, 2.75) is 20.0 Å². The summed E-state index contributed by atoms with van der Waals surface area (Å²) < 4.78 is 11.0. The molecule has 0 aliphatic carbocycles. The number of anilines is 1. The van der Waals surface area contributed by atoms with Crippen molar-refractivity contribution in [2.24, 2.45) is 5.10 Å². The van der Waals surface area contributed by atoms with Crippen molar-refractivity contribution in [2.75, 3.05) is 12.4 Å². The van der Waals surface area contributed by atoms with Crippen LogP contribution in [0.1, 0.15) is 18.9 Å². The second kappa shape index (κ2) is 10.3. The molecule has 0 saturated carbocycles. The van der Waals surface area contributed by atoms with Crippen LogP contribution in [-0.4, -0.2) is 24.8 Å². The molecule has 2 N–H and O–H groups in total. The summed E-state index contributed by atoms with van der Waals surface area (Å²) in [6.07, 6.45) is -0.645. The smallest absolute Gasteiger partial charge is 0.428 e. The number of ether oxygens (including phenoxy) is 2. The van der Waals surface area contributed by atoms with Gasteiger partial charge in [-0.1, -0.05) is 28.1 Å². The highest BCUT2D eigenvalue weighted by molar-refractivity contribution is 9.10. The van der Waals surface area contributed by atoms with Crippen molar-refractivity contribution < 1.29 is 19.1 Å². The summed E-state index contributed by atoms with van der Waals surface area (Å²) in [5.41, 5.74) is 4.22. The van der Waals surface area contributed by atoms with E-state index in [2.05, 4.69) is 31.8 Å². The quantitative estimate of drug-likeness (QED) is 0.508. The van der Waals surface area contributed by atoms with E-state index in [1.54, 1.807) is 50.4 Å². The number of benzene rings is 2. The van der Waals surface area contributed by atoms with Crippen LogP contribution in [0, 0.1) is 0 Å². The van der Waals surface area contributed by atoms with E-state index < -0.39 is 6.09 Å². The number of halogens is 1. The molecule has 0 saturated heterocycles. The minimum Gasteiger partial charge on any atom is -0.497 e. The Morgan fingerprint density at radius 1 is 1.07 bits per heavy atom. The Morgan fingerprint density at radius 3 is 2.37 bits per heavy atom. The molecule has 27 heavy (non-hydrogen) atoms. The highest BCUT2D eigenvalue weighted by atomic mass is 79.9. The van der Waals surface area contributed by atoms with Gasteiger partial charge in [0.1, 0.15) is 12.4 Å². The number of methoxy groups -OCH3 is 1. The Balaban J connectivity index is 1.73. The third-order valence-corrected chi connectivity index (χ3v) is 3.94. The summed E-state index contributed by atoms with van der Waals surface area (Å²) in [5.74, 6) is 0.497. The van der Waals surface area contributed by atoms with E-state index in [-0.39, 0.29) is 18.9 Å². The van der Waals surface area contributed by atoms with E-state index in [1.807, 2.05) is 12.1 Å². The lowest BCUT2D eigenvalue weighted by Gasteiger charge is -2.07. The third kappa shape index (κ3) is 7.49. The van der Waals surface area contributed by atoms with Crippen molar-refractivity contribution in [3.63, 3.8) is 0 Å². The fraction of sp³-hybridized carbons (Fsp3) is 0.211. The summed E-state index contributed by atoms with van der Waals surface area (Å²) >= 11 is 3.33. The molecule has 0 unspecified atom stereocenters. The summed E-state index contributed by atoms with van der Waals surface area (Å²) in [4.78, 5) is 23.6. The fourth-order valence-electron chi connectivity index (χ4n) is 2.05. The Bertz CT molecular complexity index is 805. The predicted molar refractivity (Wildman–Crippen MR) is 107 cm³/mol. The monoisotopic (exact) mass is 433 g/mol. The SMILES string of the molecule is COc1ccc(COC(=O)N/N=C(/C)CC(=O)Nc2ccc(Br)cc2)cc1. The minimum atomic E-state index is -0.696. The van der Waals surface area contributed by atoms with Crippen LogP contribution >= 0.6 is 15.9 Å². The van der Waals surface area contributed by atoms with E-state index in [4.69, 9.17) is 9.47 Å². The normalized spacial score (nSPS) is 10.9. The van der Waals surface area contributed by atoms with Crippen LogP contribution in [0.5, 0.6) is 5.75 Å². The molecule has 7 nitrogen and oxygen atoms in total. The van der Waals surface area contributed by atoms with Crippen molar-refractivity contribution in [1.29, 1.82) is 0 Å². The number of carbonyl (C=O) groups is 2. The molecule has 0 radical (unpaired) electrons. The average Bonchev–Trinajstić information content (AvgIpc) is 2.67. The maximum absolute atomic E-state index is 12.0. The van der Waals surface area contributed by atoms with Gasteiger partial charge in [-0.25, -0.2) is 10.2 Å². The van der Waals surface area contributed by atoms with Gasteiger partial charge in [0.2, 0.25) is 5.91 Å². The number of nitrogens with one attached hydrogen (secondary N) is 2. The van der Waals surface area contributed by atoms with Gasteiger partial charge in [-0.05, 0) is 48.9 Å². The lowest BCUT2D eigenvalue weighted by atomic mass is 10.2. The molecule has 142 valence electrons. The molecule has 0 aromatic heterocycles. The van der Waals surface area contributed by atoms with E-state index >= 15 is 0 Å². The highest BCUT2D eigenvalue weighted by Gasteiger charge is 2.06. The molecule has 0 aliphatic rings. The van der Waals surface area contributed by atoms with Crippen molar-refractivity contribution in [3.8, 4) is 5.75 Å². The van der Waals surface area contributed by atoms with E-state index in [0.717, 1.165) is 15.8 Å². The topological polar surface area (TPSA) is 89.0 Å². The van der Waals surface area contributed by atoms with Crippen LogP contribution in [-0.2, 0) is 16.1 Å². The van der Waals surface area contributed by atoms with Crippen LogP contribution < -0.4 is 15.5 Å². The zero-order valence-electron chi connectivity index (χ0n) is 15.0. The first kappa shape index (κ1) is 20.4. The van der Waals surface area contributed by atoms with Gasteiger partial charge in [0.25, 0.3) is 0 Å². The van der Waals surface area contributed by atoms with Gasteiger partial charge in [0.05, 0.1) is 13.5 Å². The molecule has 0 heterocycles. The number of hydrazone groups is 1. The molecule has 2 aromatic rings. The molecule has 0 fully saturated rings. The minimum absolute atomic E-state index is 0.0504. The molecular weight excluding hydrogens is 414 g/mol. The fourth-order valence-corrected chi connectivity index (χ4v) is 2.32. The molecule has 0 spiro atoms. The maximum atomic E-state index is 12.0. The standard InChI is InChI=1S/C19H20BrN3O4/c1-13(11-18(24)21-16-7-5-15(20)6-8-16)22-23-19(25)27-12-14-3-9-17(26-2)10-4-14/h3-10H,11-12H2,1-2H3,(H,21,24)(H,23,25)/b22-13-. The van der Waals surface area contributed by atoms with Crippen LogP contribution in [0.25, 0.3) is 0 Å². The number of hydrogen-bond acceptors (Lipinski definition) is 5. The van der Waals surface area contributed by atoms with Gasteiger partial charge in [0, 0.05) is 15.9 Å². The first-order chi connectivity index (χ1) is 13.0.